The Morgan fingerprint density at radius 1 is 0.887 bits per heavy atom. The Kier molecular flexibility index (Phi) is 17.1. The van der Waals surface area contributed by atoms with Gasteiger partial charge in [0.15, 0.2) is 0 Å². The molecule has 1 heterocycles. The van der Waals surface area contributed by atoms with E-state index in [-0.39, 0.29) is 55.2 Å². The number of likely N-dealkylation sites (tertiary alicyclic amines) is 1. The van der Waals surface area contributed by atoms with Crippen LogP contribution in [0.5, 0.6) is 0 Å². The van der Waals surface area contributed by atoms with Crippen LogP contribution in [0.15, 0.2) is 18.2 Å². The number of nitrogens with two attached hydrogens (primary N) is 1. The average Bonchev–Trinajstić information content (AvgIpc) is 3.56. The molecular weight excluding hydrogens is 723 g/mol. The quantitative estimate of drug-likeness (QED) is 0.0896. The van der Waals surface area contributed by atoms with Gasteiger partial charge >= 0.3 is 17.9 Å². The summed E-state index contributed by atoms with van der Waals surface area (Å²) in [5.74, 6) is -9.75. The number of rotatable bonds is 20. The zero-order valence-electron chi connectivity index (χ0n) is 29.9. The molecule has 9 N–H and O–H groups in total. The summed E-state index contributed by atoms with van der Waals surface area (Å²) >= 11 is 5.84. The minimum Gasteiger partial charge on any atom is -0.481 e. The van der Waals surface area contributed by atoms with Gasteiger partial charge in [0.05, 0.1) is 17.5 Å². The van der Waals surface area contributed by atoms with Crippen molar-refractivity contribution in [3.8, 4) is 0 Å². The highest BCUT2D eigenvalue weighted by atomic mass is 35.5. The second-order valence-corrected chi connectivity index (χ2v) is 14.1. The topological polar surface area (TPSA) is 275 Å². The van der Waals surface area contributed by atoms with Crippen molar-refractivity contribution < 1.29 is 58.1 Å². The molecule has 19 heteroatoms. The van der Waals surface area contributed by atoms with Crippen molar-refractivity contribution >= 4 is 59.0 Å². The molecule has 1 aromatic rings. The van der Waals surface area contributed by atoms with Gasteiger partial charge in [0.2, 0.25) is 29.5 Å². The van der Waals surface area contributed by atoms with E-state index < -0.39 is 102 Å². The van der Waals surface area contributed by atoms with Gasteiger partial charge in [-0.05, 0) is 55.2 Å². The lowest BCUT2D eigenvalue weighted by Crippen LogP contribution is -2.60. The molecule has 0 bridgehead atoms. The van der Waals surface area contributed by atoms with Gasteiger partial charge in [-0.25, -0.2) is 9.18 Å². The first-order valence-electron chi connectivity index (χ1n) is 17.1. The minimum absolute atomic E-state index is 0.0193. The smallest absolute Gasteiger partial charge is 0.326 e. The van der Waals surface area contributed by atoms with Crippen molar-refractivity contribution in [3.05, 3.63) is 34.6 Å². The van der Waals surface area contributed by atoms with Crippen LogP contribution in [0.25, 0.3) is 0 Å². The molecular formula is C34H48ClFN6O11. The third kappa shape index (κ3) is 13.9. The Hall–Kier alpha value is -4.84. The van der Waals surface area contributed by atoms with Crippen molar-refractivity contribution in [2.24, 2.45) is 17.6 Å². The summed E-state index contributed by atoms with van der Waals surface area (Å²) in [4.78, 5) is 102. The number of aliphatic carboxylic acids is 3. The Labute approximate surface area is 310 Å². The predicted molar refractivity (Wildman–Crippen MR) is 187 cm³/mol. The monoisotopic (exact) mass is 770 g/mol. The SMILES string of the molecule is CC(C)C[C@H](NC(=O)[C@@H](NC(=O)[C@@H](N)CCC(=O)O)C(C)C)C(=O)N[C@@H](Cc1ccc(Cl)c(F)c1)C(=O)N1CCC[C@@H]1C(=O)N[C@@H](CC(=O)O)C(=O)O. The summed E-state index contributed by atoms with van der Waals surface area (Å²) in [6.07, 6.45) is -1.28. The fourth-order valence-electron chi connectivity index (χ4n) is 5.69. The van der Waals surface area contributed by atoms with Crippen molar-refractivity contribution in [2.75, 3.05) is 6.54 Å². The van der Waals surface area contributed by atoms with E-state index in [4.69, 9.17) is 27.5 Å². The Morgan fingerprint density at radius 3 is 2.08 bits per heavy atom. The van der Waals surface area contributed by atoms with Gasteiger partial charge < -0.3 is 47.2 Å². The zero-order chi connectivity index (χ0) is 40.2. The van der Waals surface area contributed by atoms with E-state index in [0.717, 1.165) is 11.0 Å². The van der Waals surface area contributed by atoms with Gasteiger partial charge in [0.1, 0.15) is 36.0 Å². The van der Waals surface area contributed by atoms with Crippen molar-refractivity contribution in [2.45, 2.75) is 109 Å². The number of nitrogens with zero attached hydrogens (tertiary/aromatic N) is 1. The average molecular weight is 771 g/mol. The molecule has 0 spiro atoms. The molecule has 0 aliphatic carbocycles. The number of halogens is 2. The van der Waals surface area contributed by atoms with E-state index in [9.17, 15) is 47.9 Å². The first-order valence-corrected chi connectivity index (χ1v) is 17.5. The van der Waals surface area contributed by atoms with Crippen LogP contribution in [-0.4, -0.2) is 110 Å². The fourth-order valence-corrected chi connectivity index (χ4v) is 5.81. The van der Waals surface area contributed by atoms with E-state index >= 15 is 0 Å². The second kappa shape index (κ2) is 20.4. The van der Waals surface area contributed by atoms with Crippen molar-refractivity contribution in [1.29, 1.82) is 0 Å². The highest BCUT2D eigenvalue weighted by molar-refractivity contribution is 6.30. The molecule has 17 nitrogen and oxygen atoms in total. The maximum absolute atomic E-state index is 14.4. The Balaban J connectivity index is 2.39. The summed E-state index contributed by atoms with van der Waals surface area (Å²) in [6.45, 7) is 6.83. The highest BCUT2D eigenvalue weighted by Crippen LogP contribution is 2.22. The summed E-state index contributed by atoms with van der Waals surface area (Å²) < 4.78 is 14.4. The van der Waals surface area contributed by atoms with Crippen LogP contribution in [0.2, 0.25) is 5.02 Å². The number of hydrogen-bond acceptors (Lipinski definition) is 9. The first kappa shape index (κ1) is 44.3. The van der Waals surface area contributed by atoms with Gasteiger partial charge in [0.25, 0.3) is 0 Å². The molecule has 0 radical (unpaired) electrons. The van der Waals surface area contributed by atoms with Gasteiger partial charge in [0, 0.05) is 19.4 Å². The van der Waals surface area contributed by atoms with Crippen LogP contribution in [0.1, 0.15) is 71.8 Å². The number of hydrogen-bond donors (Lipinski definition) is 8. The van der Waals surface area contributed by atoms with Gasteiger partial charge in [-0.3, -0.25) is 33.6 Å². The number of carbonyl (C=O) groups excluding carboxylic acids is 5. The van der Waals surface area contributed by atoms with Crippen LogP contribution in [0, 0.1) is 17.7 Å². The third-order valence-corrected chi connectivity index (χ3v) is 8.77. The second-order valence-electron chi connectivity index (χ2n) is 13.7. The standard InChI is InChI=1S/C34H48ClFN6O11/c1-16(2)12-22(38-32(50)28(17(3)4)41-29(47)21(37)9-10-26(43)44)30(48)39-23(14-18-7-8-19(35)20(36)13-18)33(51)42-11-5-6-25(42)31(49)40-24(34(52)53)15-27(45)46/h7-8,13,16-17,21-25,28H,5-6,9-12,14-15,37H2,1-4H3,(H,38,50)(H,39,48)(H,40,49)(H,41,47)(H,43,44)(H,45,46)(H,52,53)/t21-,22-,23-,24-,25+,28-/m0/s1. The molecule has 0 unspecified atom stereocenters. The molecule has 0 saturated carbocycles. The number of nitrogens with one attached hydrogen (secondary N) is 4. The molecule has 1 aliphatic rings. The van der Waals surface area contributed by atoms with Crippen molar-refractivity contribution in [3.63, 3.8) is 0 Å². The molecule has 5 amide bonds. The maximum Gasteiger partial charge on any atom is 0.326 e. The van der Waals surface area contributed by atoms with Crippen LogP contribution < -0.4 is 27.0 Å². The van der Waals surface area contributed by atoms with Gasteiger partial charge in [-0.15, -0.1) is 0 Å². The molecule has 6 atom stereocenters. The number of carboxylic acids is 3. The molecule has 53 heavy (non-hydrogen) atoms. The van der Waals surface area contributed by atoms with E-state index in [1.54, 1.807) is 27.7 Å². The molecule has 1 aromatic carbocycles. The zero-order valence-corrected chi connectivity index (χ0v) is 30.7. The molecule has 1 fully saturated rings. The molecule has 294 valence electrons. The Bertz CT molecular complexity index is 1540. The van der Waals surface area contributed by atoms with Crippen LogP contribution >= 0.6 is 11.6 Å². The van der Waals surface area contributed by atoms with Crippen molar-refractivity contribution in [1.82, 2.24) is 26.2 Å². The van der Waals surface area contributed by atoms with Gasteiger partial charge in [-0.2, -0.15) is 0 Å². The number of benzene rings is 1. The minimum atomic E-state index is -1.77. The Morgan fingerprint density at radius 2 is 1.53 bits per heavy atom. The lowest BCUT2D eigenvalue weighted by molar-refractivity contribution is -0.148. The maximum atomic E-state index is 14.4. The summed E-state index contributed by atoms with van der Waals surface area (Å²) in [7, 11) is 0. The normalized spacial score (nSPS) is 16.9. The van der Waals surface area contributed by atoms with E-state index in [1.807, 2.05) is 0 Å². The number of carbonyl (C=O) groups is 8. The molecule has 1 aliphatic heterocycles. The van der Waals surface area contributed by atoms with E-state index in [2.05, 4.69) is 21.3 Å². The summed E-state index contributed by atoms with van der Waals surface area (Å²) in [5.41, 5.74) is 6.06. The molecule has 0 aromatic heterocycles. The van der Waals surface area contributed by atoms with Crippen LogP contribution in [0.4, 0.5) is 4.39 Å². The largest absolute Gasteiger partial charge is 0.481 e. The highest BCUT2D eigenvalue weighted by Gasteiger charge is 2.40. The van der Waals surface area contributed by atoms with E-state index in [1.165, 1.54) is 12.1 Å². The van der Waals surface area contributed by atoms with Crippen LogP contribution in [0.3, 0.4) is 0 Å². The number of amides is 5. The first-order chi connectivity index (χ1) is 24.7. The summed E-state index contributed by atoms with van der Waals surface area (Å²) in [6, 6.07) is -4.34. The van der Waals surface area contributed by atoms with Gasteiger partial charge in [-0.1, -0.05) is 45.4 Å². The third-order valence-electron chi connectivity index (χ3n) is 8.46. The van der Waals surface area contributed by atoms with Crippen LogP contribution in [-0.2, 0) is 44.8 Å². The predicted octanol–water partition coefficient (Wildman–Crippen LogP) is 0.405. The summed E-state index contributed by atoms with van der Waals surface area (Å²) in [5, 5.41) is 37.1. The lowest BCUT2D eigenvalue weighted by atomic mass is 9.98. The van der Waals surface area contributed by atoms with E-state index in [0.29, 0.717) is 6.42 Å². The fraction of sp³-hybridized carbons (Fsp3) is 0.588. The molecule has 1 saturated heterocycles. The molecule has 2 rings (SSSR count). The lowest BCUT2D eigenvalue weighted by Gasteiger charge is -2.31. The number of carboxylic acid groups (broad SMARTS) is 3.